The second-order valence-corrected chi connectivity index (χ2v) is 4.55. The van der Waals surface area contributed by atoms with E-state index in [4.69, 9.17) is 16.3 Å². The Morgan fingerprint density at radius 2 is 1.75 bits per heavy atom. The molecular formula is C14H17ClN4O. The number of hydrogen-bond donors (Lipinski definition) is 2. The number of rotatable bonds is 6. The Morgan fingerprint density at radius 1 is 1.10 bits per heavy atom. The highest BCUT2D eigenvalue weighted by atomic mass is 35.5. The fourth-order valence-electron chi connectivity index (χ4n) is 1.77. The number of halogens is 1. The molecule has 0 spiro atoms. The number of benzene rings is 1. The van der Waals surface area contributed by atoms with Gasteiger partial charge in [0.05, 0.1) is 7.11 Å². The van der Waals surface area contributed by atoms with Gasteiger partial charge in [-0.2, -0.15) is 0 Å². The predicted molar refractivity (Wildman–Crippen MR) is 81.5 cm³/mol. The van der Waals surface area contributed by atoms with Crippen molar-refractivity contribution < 1.29 is 4.74 Å². The third kappa shape index (κ3) is 3.51. The molecular weight excluding hydrogens is 276 g/mol. The first-order valence-corrected chi connectivity index (χ1v) is 6.73. The first kappa shape index (κ1) is 14.4. The van der Waals surface area contributed by atoms with Crippen LogP contribution in [0.25, 0.3) is 0 Å². The summed E-state index contributed by atoms with van der Waals surface area (Å²) >= 11 is 5.86. The molecule has 0 saturated heterocycles. The van der Waals surface area contributed by atoms with Crippen LogP contribution < -0.4 is 15.4 Å². The van der Waals surface area contributed by atoms with Crippen LogP contribution in [-0.4, -0.2) is 23.6 Å². The Morgan fingerprint density at radius 3 is 2.35 bits per heavy atom. The van der Waals surface area contributed by atoms with Gasteiger partial charge in [-0.15, -0.1) is 0 Å². The molecule has 0 aliphatic heterocycles. The number of nitrogens with zero attached hydrogens (tertiary/aromatic N) is 2. The normalized spacial score (nSPS) is 10.2. The Hall–Kier alpha value is -2.01. The summed E-state index contributed by atoms with van der Waals surface area (Å²) in [7, 11) is 1.60. The van der Waals surface area contributed by atoms with Crippen LogP contribution in [0.3, 0.4) is 0 Å². The standard InChI is InChI=1S/C14H17ClN4O/c1-3-16-13-12(20-2)14(19-9-18-13)17-8-10-4-6-11(15)7-5-10/h4-7,9H,3,8H2,1-2H3,(H2,16,17,18,19). The molecule has 0 saturated carbocycles. The van der Waals surface area contributed by atoms with Crippen LogP contribution in [0.5, 0.6) is 5.75 Å². The molecule has 1 aromatic heterocycles. The van der Waals surface area contributed by atoms with Crippen molar-refractivity contribution in [2.75, 3.05) is 24.3 Å². The van der Waals surface area contributed by atoms with Gasteiger partial charge in [0.15, 0.2) is 11.6 Å². The molecule has 20 heavy (non-hydrogen) atoms. The smallest absolute Gasteiger partial charge is 0.204 e. The molecule has 0 fully saturated rings. The Bertz CT molecular complexity index is 560. The van der Waals surface area contributed by atoms with Crippen molar-refractivity contribution >= 4 is 23.2 Å². The summed E-state index contributed by atoms with van der Waals surface area (Å²) in [6, 6.07) is 7.65. The van der Waals surface area contributed by atoms with E-state index in [0.29, 0.717) is 23.9 Å². The molecule has 0 aliphatic rings. The molecule has 0 unspecified atom stereocenters. The van der Waals surface area contributed by atoms with Crippen molar-refractivity contribution in [2.24, 2.45) is 0 Å². The van der Waals surface area contributed by atoms with Crippen molar-refractivity contribution in [2.45, 2.75) is 13.5 Å². The molecule has 6 heteroatoms. The van der Waals surface area contributed by atoms with Crippen molar-refractivity contribution in [3.05, 3.63) is 41.2 Å². The second kappa shape index (κ2) is 6.96. The molecule has 106 valence electrons. The van der Waals surface area contributed by atoms with Gasteiger partial charge in [0, 0.05) is 18.1 Å². The van der Waals surface area contributed by atoms with Gasteiger partial charge in [-0.3, -0.25) is 0 Å². The number of aromatic nitrogens is 2. The van der Waals surface area contributed by atoms with Crippen LogP contribution in [0.15, 0.2) is 30.6 Å². The Kier molecular flexibility index (Phi) is 5.01. The summed E-state index contributed by atoms with van der Waals surface area (Å²) in [4.78, 5) is 8.37. The largest absolute Gasteiger partial charge is 0.490 e. The number of ether oxygens (including phenoxy) is 1. The zero-order valence-corrected chi connectivity index (χ0v) is 12.2. The highest BCUT2D eigenvalue weighted by Gasteiger charge is 2.10. The molecule has 5 nitrogen and oxygen atoms in total. The van der Waals surface area contributed by atoms with Gasteiger partial charge in [-0.1, -0.05) is 23.7 Å². The lowest BCUT2D eigenvalue weighted by Crippen LogP contribution is -2.08. The molecule has 0 bridgehead atoms. The number of anilines is 2. The summed E-state index contributed by atoms with van der Waals surface area (Å²) in [6.07, 6.45) is 1.50. The minimum Gasteiger partial charge on any atom is -0.490 e. The minimum absolute atomic E-state index is 0.614. The summed E-state index contributed by atoms with van der Waals surface area (Å²) in [5.41, 5.74) is 1.11. The van der Waals surface area contributed by atoms with Crippen LogP contribution >= 0.6 is 11.6 Å². The molecule has 0 amide bonds. The van der Waals surface area contributed by atoms with E-state index in [1.165, 1.54) is 6.33 Å². The lowest BCUT2D eigenvalue weighted by molar-refractivity contribution is 0.414. The van der Waals surface area contributed by atoms with Crippen LogP contribution in [-0.2, 0) is 6.54 Å². The van der Waals surface area contributed by atoms with Gasteiger partial charge in [-0.05, 0) is 24.6 Å². The maximum atomic E-state index is 5.86. The molecule has 2 N–H and O–H groups in total. The third-order valence-corrected chi connectivity index (χ3v) is 2.98. The maximum Gasteiger partial charge on any atom is 0.204 e. The summed E-state index contributed by atoms with van der Waals surface area (Å²) < 4.78 is 5.37. The monoisotopic (exact) mass is 292 g/mol. The molecule has 0 atom stereocenters. The van der Waals surface area contributed by atoms with E-state index >= 15 is 0 Å². The Balaban J connectivity index is 2.12. The fourth-order valence-corrected chi connectivity index (χ4v) is 1.90. The first-order valence-electron chi connectivity index (χ1n) is 6.35. The summed E-state index contributed by atoms with van der Waals surface area (Å²) in [5, 5.41) is 7.10. The SMILES string of the molecule is CCNc1ncnc(NCc2ccc(Cl)cc2)c1OC. The molecule has 0 radical (unpaired) electrons. The van der Waals surface area contributed by atoms with Crippen molar-refractivity contribution in [1.29, 1.82) is 0 Å². The topological polar surface area (TPSA) is 59.1 Å². The van der Waals surface area contributed by atoms with E-state index in [2.05, 4.69) is 20.6 Å². The predicted octanol–water partition coefficient (Wildman–Crippen LogP) is 3.18. The van der Waals surface area contributed by atoms with E-state index < -0.39 is 0 Å². The van der Waals surface area contributed by atoms with Crippen LogP contribution in [0.1, 0.15) is 12.5 Å². The summed E-state index contributed by atoms with van der Waals surface area (Å²) in [5.74, 6) is 1.96. The van der Waals surface area contributed by atoms with Gasteiger partial charge in [0.1, 0.15) is 6.33 Å². The van der Waals surface area contributed by atoms with Gasteiger partial charge < -0.3 is 15.4 Å². The van der Waals surface area contributed by atoms with Crippen LogP contribution in [0.4, 0.5) is 11.6 Å². The maximum absolute atomic E-state index is 5.86. The fraction of sp³-hybridized carbons (Fsp3) is 0.286. The van der Waals surface area contributed by atoms with E-state index in [1.54, 1.807) is 7.11 Å². The molecule has 1 aromatic carbocycles. The quantitative estimate of drug-likeness (QED) is 0.856. The highest BCUT2D eigenvalue weighted by Crippen LogP contribution is 2.29. The van der Waals surface area contributed by atoms with E-state index in [0.717, 1.165) is 17.1 Å². The number of nitrogens with one attached hydrogen (secondary N) is 2. The van der Waals surface area contributed by atoms with Gasteiger partial charge in [-0.25, -0.2) is 9.97 Å². The van der Waals surface area contributed by atoms with Gasteiger partial charge in [0.2, 0.25) is 5.75 Å². The van der Waals surface area contributed by atoms with E-state index in [1.807, 2.05) is 31.2 Å². The second-order valence-electron chi connectivity index (χ2n) is 4.11. The van der Waals surface area contributed by atoms with Gasteiger partial charge >= 0.3 is 0 Å². The first-order chi connectivity index (χ1) is 9.74. The zero-order valence-electron chi connectivity index (χ0n) is 11.5. The number of methoxy groups -OCH3 is 1. The Labute approximate surface area is 123 Å². The average molecular weight is 293 g/mol. The van der Waals surface area contributed by atoms with Crippen molar-refractivity contribution in [3.63, 3.8) is 0 Å². The minimum atomic E-state index is 0.614. The highest BCUT2D eigenvalue weighted by molar-refractivity contribution is 6.30. The van der Waals surface area contributed by atoms with E-state index in [-0.39, 0.29) is 0 Å². The number of hydrogen-bond acceptors (Lipinski definition) is 5. The lowest BCUT2D eigenvalue weighted by atomic mass is 10.2. The molecule has 1 heterocycles. The third-order valence-electron chi connectivity index (χ3n) is 2.73. The van der Waals surface area contributed by atoms with Crippen molar-refractivity contribution in [1.82, 2.24) is 9.97 Å². The molecule has 2 rings (SSSR count). The average Bonchev–Trinajstić information content (AvgIpc) is 2.47. The van der Waals surface area contributed by atoms with Crippen LogP contribution in [0.2, 0.25) is 5.02 Å². The molecule has 0 aliphatic carbocycles. The van der Waals surface area contributed by atoms with Crippen molar-refractivity contribution in [3.8, 4) is 5.75 Å². The van der Waals surface area contributed by atoms with Gasteiger partial charge in [0.25, 0.3) is 0 Å². The lowest BCUT2D eigenvalue weighted by Gasteiger charge is -2.13. The molecule has 2 aromatic rings. The van der Waals surface area contributed by atoms with E-state index in [9.17, 15) is 0 Å². The van der Waals surface area contributed by atoms with Crippen LogP contribution in [0, 0.1) is 0 Å². The zero-order chi connectivity index (χ0) is 14.4. The summed E-state index contributed by atoms with van der Waals surface area (Å²) in [6.45, 7) is 3.41.